The fourth-order valence-electron chi connectivity index (χ4n) is 2.97. The van der Waals surface area contributed by atoms with E-state index in [4.69, 9.17) is 5.73 Å². The Balaban J connectivity index is 0.00000242. The summed E-state index contributed by atoms with van der Waals surface area (Å²) < 4.78 is 0. The van der Waals surface area contributed by atoms with Crippen molar-refractivity contribution >= 4 is 42.1 Å². The zero-order valence-electron chi connectivity index (χ0n) is 14.0. The molecule has 1 aliphatic heterocycles. The zero-order valence-corrected chi connectivity index (χ0v) is 16.4. The first-order chi connectivity index (χ1) is 10.1. The molecule has 1 aromatic rings. The number of halogens is 2. The SMILES string of the molecule is CCC(CC)(CN)C(=O)NCCN1CCc2sccc2C1.Cl.Cl. The number of nitrogens with two attached hydrogens (primary N) is 1. The molecule has 4 nitrogen and oxygen atoms in total. The van der Waals surface area contributed by atoms with E-state index in [1.807, 2.05) is 25.2 Å². The average molecular weight is 382 g/mol. The maximum atomic E-state index is 12.3. The molecule has 1 aliphatic rings. The molecule has 0 spiro atoms. The van der Waals surface area contributed by atoms with Gasteiger partial charge in [0.05, 0.1) is 5.41 Å². The summed E-state index contributed by atoms with van der Waals surface area (Å²) in [5, 5.41) is 5.26. The molecule has 23 heavy (non-hydrogen) atoms. The van der Waals surface area contributed by atoms with E-state index in [1.165, 1.54) is 10.4 Å². The van der Waals surface area contributed by atoms with E-state index in [2.05, 4.69) is 21.7 Å². The summed E-state index contributed by atoms with van der Waals surface area (Å²) in [5.74, 6) is 0.114. The fraction of sp³-hybridized carbons (Fsp3) is 0.688. The third-order valence-electron chi connectivity index (χ3n) is 4.83. The van der Waals surface area contributed by atoms with Crippen LogP contribution in [-0.4, -0.2) is 37.0 Å². The molecule has 134 valence electrons. The van der Waals surface area contributed by atoms with Crippen LogP contribution in [0.15, 0.2) is 11.4 Å². The second-order valence-electron chi connectivity index (χ2n) is 5.84. The first-order valence-corrected chi connectivity index (χ1v) is 8.79. The van der Waals surface area contributed by atoms with Gasteiger partial charge in [-0.3, -0.25) is 9.69 Å². The predicted molar refractivity (Wildman–Crippen MR) is 103 cm³/mol. The third kappa shape index (κ3) is 5.33. The topological polar surface area (TPSA) is 58.4 Å². The lowest BCUT2D eigenvalue weighted by molar-refractivity contribution is -0.131. The Morgan fingerprint density at radius 2 is 2.09 bits per heavy atom. The van der Waals surface area contributed by atoms with Gasteiger partial charge >= 0.3 is 0 Å². The lowest BCUT2D eigenvalue weighted by atomic mass is 9.81. The van der Waals surface area contributed by atoms with E-state index in [1.54, 1.807) is 0 Å². The van der Waals surface area contributed by atoms with Crippen LogP contribution in [0, 0.1) is 5.41 Å². The summed E-state index contributed by atoms with van der Waals surface area (Å²) in [6, 6.07) is 2.22. The minimum atomic E-state index is -0.386. The standard InChI is InChI=1S/C16H27N3OS.2ClH/c1-3-16(4-2,12-17)15(20)18-7-9-19-8-5-14-13(11-19)6-10-21-14;;/h6,10H,3-5,7-9,11-12,17H2,1-2H3,(H,18,20);2*1H. The molecule has 0 saturated carbocycles. The highest BCUT2D eigenvalue weighted by Gasteiger charge is 2.33. The maximum absolute atomic E-state index is 12.3. The van der Waals surface area contributed by atoms with E-state index in [-0.39, 0.29) is 36.1 Å². The average Bonchev–Trinajstić information content (AvgIpc) is 2.97. The fourth-order valence-corrected chi connectivity index (χ4v) is 3.85. The molecule has 0 aromatic carbocycles. The minimum Gasteiger partial charge on any atom is -0.354 e. The molecular weight excluding hydrogens is 353 g/mol. The van der Waals surface area contributed by atoms with Crippen molar-refractivity contribution in [3.63, 3.8) is 0 Å². The Bertz CT molecular complexity index is 469. The molecule has 0 atom stereocenters. The summed E-state index contributed by atoms with van der Waals surface area (Å²) in [5.41, 5.74) is 6.88. The van der Waals surface area contributed by atoms with Crippen LogP contribution in [0.2, 0.25) is 0 Å². The van der Waals surface area contributed by atoms with Crippen LogP contribution in [0.3, 0.4) is 0 Å². The van der Waals surface area contributed by atoms with Crippen LogP contribution < -0.4 is 11.1 Å². The van der Waals surface area contributed by atoms with Crippen LogP contribution in [-0.2, 0) is 17.8 Å². The van der Waals surface area contributed by atoms with E-state index in [0.29, 0.717) is 13.1 Å². The number of carbonyl (C=O) groups is 1. The van der Waals surface area contributed by atoms with Crippen molar-refractivity contribution < 1.29 is 4.79 Å². The molecule has 1 aromatic heterocycles. The van der Waals surface area contributed by atoms with Gasteiger partial charge in [-0.15, -0.1) is 36.2 Å². The van der Waals surface area contributed by atoms with Crippen LogP contribution in [0.25, 0.3) is 0 Å². The smallest absolute Gasteiger partial charge is 0.227 e. The second kappa shape index (κ2) is 10.5. The van der Waals surface area contributed by atoms with E-state index in [0.717, 1.165) is 38.9 Å². The van der Waals surface area contributed by atoms with Crippen LogP contribution in [0.4, 0.5) is 0 Å². The minimum absolute atomic E-state index is 0. The number of fused-ring (bicyclic) bond motifs is 1. The molecule has 3 N–H and O–H groups in total. The van der Waals surface area contributed by atoms with E-state index >= 15 is 0 Å². The molecule has 0 radical (unpaired) electrons. The summed E-state index contributed by atoms with van der Waals surface area (Å²) in [6.45, 7) is 8.23. The first kappa shape index (κ1) is 22.7. The van der Waals surface area contributed by atoms with Gasteiger partial charge in [-0.1, -0.05) is 13.8 Å². The van der Waals surface area contributed by atoms with Crippen molar-refractivity contribution in [2.75, 3.05) is 26.2 Å². The van der Waals surface area contributed by atoms with Crippen molar-refractivity contribution in [3.05, 3.63) is 21.9 Å². The Hall–Kier alpha value is -0.330. The summed E-state index contributed by atoms with van der Waals surface area (Å²) in [6.07, 6.45) is 2.74. The Kier molecular flexibility index (Phi) is 10.4. The highest BCUT2D eigenvalue weighted by Crippen LogP contribution is 2.25. The van der Waals surface area contributed by atoms with E-state index < -0.39 is 0 Å². The van der Waals surface area contributed by atoms with Crippen molar-refractivity contribution in [1.29, 1.82) is 0 Å². The van der Waals surface area contributed by atoms with Crippen molar-refractivity contribution in [1.82, 2.24) is 10.2 Å². The van der Waals surface area contributed by atoms with Crippen molar-refractivity contribution in [2.45, 2.75) is 39.7 Å². The zero-order chi connectivity index (χ0) is 15.3. The van der Waals surface area contributed by atoms with Gasteiger partial charge in [0.25, 0.3) is 0 Å². The number of hydrogen-bond donors (Lipinski definition) is 2. The molecule has 0 unspecified atom stereocenters. The number of hydrogen-bond acceptors (Lipinski definition) is 4. The Morgan fingerprint density at radius 3 is 2.70 bits per heavy atom. The molecule has 0 fully saturated rings. The summed E-state index contributed by atoms with van der Waals surface area (Å²) >= 11 is 1.86. The van der Waals surface area contributed by atoms with Gasteiger partial charge in [-0.2, -0.15) is 0 Å². The van der Waals surface area contributed by atoms with Crippen molar-refractivity contribution in [2.24, 2.45) is 11.1 Å². The number of nitrogens with zero attached hydrogens (tertiary/aromatic N) is 1. The lowest BCUT2D eigenvalue weighted by Gasteiger charge is -2.30. The van der Waals surface area contributed by atoms with Gasteiger partial charge < -0.3 is 11.1 Å². The molecule has 0 aliphatic carbocycles. The van der Waals surface area contributed by atoms with Gasteiger partial charge in [-0.25, -0.2) is 0 Å². The molecule has 0 bridgehead atoms. The van der Waals surface area contributed by atoms with Crippen LogP contribution >= 0.6 is 36.2 Å². The van der Waals surface area contributed by atoms with Gasteiger partial charge in [0.1, 0.15) is 0 Å². The number of thiophene rings is 1. The quantitative estimate of drug-likeness (QED) is 0.763. The molecule has 0 saturated heterocycles. The normalized spacial score (nSPS) is 14.4. The van der Waals surface area contributed by atoms with Gasteiger partial charge in [-0.05, 0) is 36.3 Å². The molecular formula is C16H29Cl2N3OS. The number of nitrogens with one attached hydrogen (secondary N) is 1. The Morgan fingerprint density at radius 1 is 1.39 bits per heavy atom. The van der Waals surface area contributed by atoms with Crippen molar-refractivity contribution in [3.8, 4) is 0 Å². The van der Waals surface area contributed by atoms with Crippen LogP contribution in [0.1, 0.15) is 37.1 Å². The van der Waals surface area contributed by atoms with Gasteiger partial charge in [0.2, 0.25) is 5.91 Å². The molecule has 1 amide bonds. The highest BCUT2D eigenvalue weighted by molar-refractivity contribution is 7.10. The molecule has 7 heteroatoms. The van der Waals surface area contributed by atoms with Gasteiger partial charge in [0.15, 0.2) is 0 Å². The van der Waals surface area contributed by atoms with Gasteiger partial charge in [0, 0.05) is 37.6 Å². The number of carbonyl (C=O) groups excluding carboxylic acids is 1. The Labute approximate surface area is 156 Å². The number of amides is 1. The predicted octanol–water partition coefficient (Wildman–Crippen LogP) is 2.83. The highest BCUT2D eigenvalue weighted by atomic mass is 35.5. The number of rotatable bonds is 7. The second-order valence-corrected chi connectivity index (χ2v) is 6.84. The third-order valence-corrected chi connectivity index (χ3v) is 5.85. The monoisotopic (exact) mass is 381 g/mol. The largest absolute Gasteiger partial charge is 0.354 e. The summed E-state index contributed by atoms with van der Waals surface area (Å²) in [4.78, 5) is 16.3. The van der Waals surface area contributed by atoms with E-state index in [9.17, 15) is 4.79 Å². The maximum Gasteiger partial charge on any atom is 0.227 e. The molecule has 2 rings (SSSR count). The van der Waals surface area contributed by atoms with Crippen LogP contribution in [0.5, 0.6) is 0 Å². The first-order valence-electron chi connectivity index (χ1n) is 7.91. The summed E-state index contributed by atoms with van der Waals surface area (Å²) in [7, 11) is 0. The molecule has 2 heterocycles. The lowest BCUT2D eigenvalue weighted by Crippen LogP contribution is -2.47.